The third-order valence-electron chi connectivity index (χ3n) is 2.31. The van der Waals surface area contributed by atoms with E-state index in [2.05, 4.69) is 6.92 Å². The summed E-state index contributed by atoms with van der Waals surface area (Å²) in [5.74, 6) is -0.954. The number of aliphatic hydroxyl groups excluding tert-OH is 1. The Morgan fingerprint density at radius 1 is 1.27 bits per heavy atom. The third-order valence-corrected chi connectivity index (χ3v) is 2.31. The molecule has 3 heteroatoms. The minimum atomic E-state index is -0.954. The molecule has 88 valence electrons. The molecule has 2 N–H and O–H groups in total. The van der Waals surface area contributed by atoms with Crippen molar-refractivity contribution in [3.8, 4) is 0 Å². The summed E-state index contributed by atoms with van der Waals surface area (Å²) in [7, 11) is 0. The van der Waals surface area contributed by atoms with Crippen LogP contribution in [0.25, 0.3) is 0 Å². The highest BCUT2D eigenvalue weighted by atomic mass is 16.4. The van der Waals surface area contributed by atoms with E-state index in [4.69, 9.17) is 5.11 Å². The van der Waals surface area contributed by atoms with Gasteiger partial charge in [-0.2, -0.15) is 0 Å². The maximum atomic E-state index is 10.1. The summed E-state index contributed by atoms with van der Waals surface area (Å²) in [6.07, 6.45) is 9.33. The lowest BCUT2D eigenvalue weighted by molar-refractivity contribution is -0.131. The molecule has 0 rings (SSSR count). The number of aliphatic carboxylic acids is 1. The SMILES string of the molecule is CCCCCCCC(O)CC=CC(=O)O. The number of hydrogen-bond acceptors (Lipinski definition) is 2. The zero-order valence-corrected chi connectivity index (χ0v) is 9.48. The van der Waals surface area contributed by atoms with Crippen LogP contribution in [0.1, 0.15) is 51.9 Å². The summed E-state index contributed by atoms with van der Waals surface area (Å²) in [4.78, 5) is 10.1. The van der Waals surface area contributed by atoms with Gasteiger partial charge in [-0.3, -0.25) is 0 Å². The van der Waals surface area contributed by atoms with Crippen LogP contribution in [0.2, 0.25) is 0 Å². The molecule has 0 aromatic rings. The number of carboxylic acids is 1. The second kappa shape index (κ2) is 9.71. The molecule has 0 radical (unpaired) electrons. The van der Waals surface area contributed by atoms with E-state index < -0.39 is 5.97 Å². The first-order chi connectivity index (χ1) is 7.16. The number of hydrogen-bond donors (Lipinski definition) is 2. The van der Waals surface area contributed by atoms with Gasteiger partial charge in [0.05, 0.1) is 6.10 Å². The topological polar surface area (TPSA) is 57.5 Å². The highest BCUT2D eigenvalue weighted by Gasteiger charge is 2.01. The summed E-state index contributed by atoms with van der Waals surface area (Å²) in [6, 6.07) is 0. The first-order valence-electron chi connectivity index (χ1n) is 5.74. The Labute approximate surface area is 91.8 Å². The van der Waals surface area contributed by atoms with Gasteiger partial charge in [-0.1, -0.05) is 45.1 Å². The van der Waals surface area contributed by atoms with Crippen LogP contribution in [-0.4, -0.2) is 22.3 Å². The van der Waals surface area contributed by atoms with E-state index in [-0.39, 0.29) is 6.10 Å². The van der Waals surface area contributed by atoms with E-state index in [9.17, 15) is 9.90 Å². The van der Waals surface area contributed by atoms with E-state index in [0.717, 1.165) is 25.3 Å². The first-order valence-corrected chi connectivity index (χ1v) is 5.74. The maximum Gasteiger partial charge on any atom is 0.327 e. The van der Waals surface area contributed by atoms with Crippen LogP contribution < -0.4 is 0 Å². The second-order valence-electron chi connectivity index (χ2n) is 3.83. The summed E-state index contributed by atoms with van der Waals surface area (Å²) < 4.78 is 0. The van der Waals surface area contributed by atoms with E-state index >= 15 is 0 Å². The van der Waals surface area contributed by atoms with Gasteiger partial charge >= 0.3 is 5.97 Å². The molecule has 0 heterocycles. The van der Waals surface area contributed by atoms with Crippen molar-refractivity contribution in [2.24, 2.45) is 0 Å². The standard InChI is InChI=1S/C12H22O3/c1-2-3-4-5-6-8-11(13)9-7-10-12(14)15/h7,10-11,13H,2-6,8-9H2,1H3,(H,14,15). The lowest BCUT2D eigenvalue weighted by Gasteiger charge is -2.06. The van der Waals surface area contributed by atoms with Gasteiger partial charge in [-0.15, -0.1) is 0 Å². The molecule has 0 aliphatic heterocycles. The predicted molar refractivity (Wildman–Crippen MR) is 60.8 cm³/mol. The summed E-state index contributed by atoms with van der Waals surface area (Å²) >= 11 is 0. The van der Waals surface area contributed by atoms with Crippen LogP contribution >= 0.6 is 0 Å². The minimum absolute atomic E-state index is 0.387. The van der Waals surface area contributed by atoms with Crippen LogP contribution in [0.15, 0.2) is 12.2 Å². The zero-order chi connectivity index (χ0) is 11.5. The van der Waals surface area contributed by atoms with Gasteiger partial charge in [0.2, 0.25) is 0 Å². The zero-order valence-electron chi connectivity index (χ0n) is 9.48. The van der Waals surface area contributed by atoms with Crippen molar-refractivity contribution in [2.75, 3.05) is 0 Å². The van der Waals surface area contributed by atoms with E-state index in [1.807, 2.05) is 0 Å². The van der Waals surface area contributed by atoms with Crippen LogP contribution in [0, 0.1) is 0 Å². The molecule has 3 nitrogen and oxygen atoms in total. The summed E-state index contributed by atoms with van der Waals surface area (Å²) in [5.41, 5.74) is 0. The predicted octanol–water partition coefficient (Wildman–Crippen LogP) is 2.74. The molecule has 0 aromatic carbocycles. The molecule has 1 atom stereocenters. The van der Waals surface area contributed by atoms with Gasteiger partial charge in [0.25, 0.3) is 0 Å². The summed E-state index contributed by atoms with van der Waals surface area (Å²) in [5, 5.41) is 17.8. The average Bonchev–Trinajstić information content (AvgIpc) is 2.17. The smallest absolute Gasteiger partial charge is 0.327 e. The van der Waals surface area contributed by atoms with Crippen LogP contribution in [-0.2, 0) is 4.79 Å². The van der Waals surface area contributed by atoms with Crippen molar-refractivity contribution < 1.29 is 15.0 Å². The van der Waals surface area contributed by atoms with Gasteiger partial charge in [0, 0.05) is 6.08 Å². The third kappa shape index (κ3) is 11.1. The number of rotatable bonds is 9. The summed E-state index contributed by atoms with van der Waals surface area (Å²) in [6.45, 7) is 2.17. The van der Waals surface area contributed by atoms with Crippen LogP contribution in [0.5, 0.6) is 0 Å². The van der Waals surface area contributed by atoms with Crippen molar-refractivity contribution in [3.63, 3.8) is 0 Å². The number of carboxylic acid groups (broad SMARTS) is 1. The van der Waals surface area contributed by atoms with Gasteiger partial charge in [-0.05, 0) is 12.8 Å². The van der Waals surface area contributed by atoms with Crippen LogP contribution in [0.4, 0.5) is 0 Å². The van der Waals surface area contributed by atoms with Crippen molar-refractivity contribution in [2.45, 2.75) is 58.0 Å². The molecular weight excluding hydrogens is 192 g/mol. The molecule has 0 fully saturated rings. The lowest BCUT2D eigenvalue weighted by Crippen LogP contribution is -2.04. The molecule has 0 saturated carbocycles. The lowest BCUT2D eigenvalue weighted by atomic mass is 10.1. The molecule has 0 aliphatic rings. The van der Waals surface area contributed by atoms with Crippen molar-refractivity contribution in [1.29, 1.82) is 0 Å². The fourth-order valence-electron chi connectivity index (χ4n) is 1.43. The van der Waals surface area contributed by atoms with E-state index in [1.54, 1.807) is 0 Å². The van der Waals surface area contributed by atoms with Crippen molar-refractivity contribution in [3.05, 3.63) is 12.2 Å². The fourth-order valence-corrected chi connectivity index (χ4v) is 1.43. The van der Waals surface area contributed by atoms with E-state index in [0.29, 0.717) is 6.42 Å². The monoisotopic (exact) mass is 214 g/mol. The molecule has 0 bridgehead atoms. The largest absolute Gasteiger partial charge is 0.478 e. The normalized spacial score (nSPS) is 13.2. The molecule has 0 aromatic heterocycles. The maximum absolute atomic E-state index is 10.1. The van der Waals surface area contributed by atoms with E-state index in [1.165, 1.54) is 25.3 Å². The Bertz CT molecular complexity index is 187. The van der Waals surface area contributed by atoms with Gasteiger partial charge in [0.15, 0.2) is 0 Å². The van der Waals surface area contributed by atoms with Gasteiger partial charge in [-0.25, -0.2) is 4.79 Å². The van der Waals surface area contributed by atoms with Crippen LogP contribution in [0.3, 0.4) is 0 Å². The minimum Gasteiger partial charge on any atom is -0.478 e. The highest BCUT2D eigenvalue weighted by molar-refractivity contribution is 5.79. The molecule has 0 amide bonds. The van der Waals surface area contributed by atoms with Crippen molar-refractivity contribution in [1.82, 2.24) is 0 Å². The van der Waals surface area contributed by atoms with Gasteiger partial charge in [0.1, 0.15) is 0 Å². The molecule has 1 unspecified atom stereocenters. The molecule has 0 spiro atoms. The Morgan fingerprint density at radius 3 is 2.53 bits per heavy atom. The molecule has 0 aliphatic carbocycles. The average molecular weight is 214 g/mol. The van der Waals surface area contributed by atoms with Gasteiger partial charge < -0.3 is 10.2 Å². The quantitative estimate of drug-likeness (QED) is 0.458. The highest BCUT2D eigenvalue weighted by Crippen LogP contribution is 2.09. The Balaban J connectivity index is 3.33. The molecule has 0 saturated heterocycles. The Hall–Kier alpha value is -0.830. The number of aliphatic hydroxyl groups is 1. The number of unbranched alkanes of at least 4 members (excludes halogenated alkanes) is 4. The fraction of sp³-hybridized carbons (Fsp3) is 0.750. The second-order valence-corrected chi connectivity index (χ2v) is 3.83. The molecular formula is C12H22O3. The molecule has 15 heavy (non-hydrogen) atoms. The van der Waals surface area contributed by atoms with Crippen molar-refractivity contribution >= 4 is 5.97 Å². The first kappa shape index (κ1) is 14.2. The Kier molecular flexibility index (Phi) is 9.18. The number of carbonyl (C=O) groups is 1. The Morgan fingerprint density at radius 2 is 1.93 bits per heavy atom.